The number of aryl methyl sites for hydroxylation is 1. The fraction of sp³-hybridized carbons (Fsp3) is 0.571. The Morgan fingerprint density at radius 3 is 2.73 bits per heavy atom. The van der Waals surface area contributed by atoms with Crippen LogP contribution in [-0.4, -0.2) is 83.0 Å². The Kier molecular flexibility index (Phi) is 5.30. The van der Waals surface area contributed by atoms with E-state index >= 15 is 0 Å². The number of rotatable bonds is 4. The van der Waals surface area contributed by atoms with Crippen molar-refractivity contribution in [1.82, 2.24) is 25.0 Å². The summed E-state index contributed by atoms with van der Waals surface area (Å²) in [4.78, 5) is 19.7. The van der Waals surface area contributed by atoms with Gasteiger partial charge in [-0.15, -0.1) is 0 Å². The topological polar surface area (TPSA) is 84.2 Å². The highest BCUT2D eigenvalue weighted by Crippen LogP contribution is 2.33. The molecule has 2 saturated heterocycles. The molecular formula is C21H27N5O4. The zero-order valence-electron chi connectivity index (χ0n) is 17.2. The molecule has 0 N–H and O–H groups in total. The Bertz CT molecular complexity index is 909. The predicted molar refractivity (Wildman–Crippen MR) is 107 cm³/mol. The highest BCUT2D eigenvalue weighted by atomic mass is 16.7. The number of aromatic nitrogens is 2. The molecule has 9 heteroatoms. The Hall–Kier alpha value is -2.65. The summed E-state index contributed by atoms with van der Waals surface area (Å²) in [6.07, 6.45) is 2.14. The summed E-state index contributed by atoms with van der Waals surface area (Å²) in [6, 6.07) is 6.59. The van der Waals surface area contributed by atoms with Crippen molar-refractivity contribution in [2.75, 3.05) is 46.1 Å². The van der Waals surface area contributed by atoms with Gasteiger partial charge in [0.2, 0.25) is 6.79 Å². The van der Waals surface area contributed by atoms with Crippen LogP contribution in [0.25, 0.3) is 0 Å². The van der Waals surface area contributed by atoms with Gasteiger partial charge in [0, 0.05) is 51.9 Å². The minimum atomic E-state index is -0.0695. The Labute approximate surface area is 175 Å². The van der Waals surface area contributed by atoms with E-state index in [1.807, 2.05) is 11.0 Å². The Balaban J connectivity index is 1.14. The van der Waals surface area contributed by atoms with Crippen molar-refractivity contribution in [2.45, 2.75) is 32.4 Å². The number of benzene rings is 1. The maximum atomic E-state index is 12.8. The van der Waals surface area contributed by atoms with E-state index in [2.05, 4.69) is 32.2 Å². The molecule has 2 fully saturated rings. The van der Waals surface area contributed by atoms with Crippen LogP contribution in [0.4, 0.5) is 0 Å². The molecule has 0 radical (unpaired) electrons. The molecule has 3 aliphatic rings. The second-order valence-electron chi connectivity index (χ2n) is 8.25. The van der Waals surface area contributed by atoms with Crippen molar-refractivity contribution in [3.05, 3.63) is 35.2 Å². The lowest BCUT2D eigenvalue weighted by Gasteiger charge is -2.43. The van der Waals surface area contributed by atoms with Crippen molar-refractivity contribution in [3.63, 3.8) is 0 Å². The molecule has 1 aromatic carbocycles. The van der Waals surface area contributed by atoms with Crippen molar-refractivity contribution < 1.29 is 18.9 Å². The third-order valence-corrected chi connectivity index (χ3v) is 6.31. The molecule has 3 aliphatic heterocycles. The van der Waals surface area contributed by atoms with Crippen LogP contribution in [0.2, 0.25) is 0 Å². The van der Waals surface area contributed by atoms with Gasteiger partial charge in [0.05, 0.1) is 0 Å². The molecule has 1 atom stereocenters. The van der Waals surface area contributed by atoms with Gasteiger partial charge in [-0.25, -0.2) is 4.63 Å². The summed E-state index contributed by atoms with van der Waals surface area (Å²) < 4.78 is 15.6. The number of amides is 1. The van der Waals surface area contributed by atoms with Crippen LogP contribution in [-0.2, 0) is 6.54 Å². The third kappa shape index (κ3) is 3.87. The summed E-state index contributed by atoms with van der Waals surface area (Å²) in [6.45, 7) is 8.56. The first kappa shape index (κ1) is 19.3. The fourth-order valence-electron chi connectivity index (χ4n) is 4.60. The zero-order valence-corrected chi connectivity index (χ0v) is 17.2. The van der Waals surface area contributed by atoms with Crippen LogP contribution in [0, 0.1) is 6.92 Å². The molecule has 9 nitrogen and oxygen atoms in total. The van der Waals surface area contributed by atoms with Crippen LogP contribution >= 0.6 is 0 Å². The second kappa shape index (κ2) is 8.23. The molecule has 0 saturated carbocycles. The standard InChI is InChI=1S/C21H27N5O4/c1-15-20(23-30-22-15)21(27)26-6-2-3-17(13-26)25-9-7-24(8-10-25)12-16-4-5-18-19(11-16)29-14-28-18/h4-5,11,17H,2-3,6-10,12-14H2,1H3/t17-/m0/s1. The zero-order chi connectivity index (χ0) is 20.5. The van der Waals surface area contributed by atoms with E-state index in [4.69, 9.17) is 14.1 Å². The van der Waals surface area contributed by atoms with Crippen LogP contribution in [0.15, 0.2) is 22.8 Å². The van der Waals surface area contributed by atoms with E-state index in [1.165, 1.54) is 5.56 Å². The van der Waals surface area contributed by atoms with Crippen LogP contribution in [0.1, 0.15) is 34.6 Å². The number of fused-ring (bicyclic) bond motifs is 1. The van der Waals surface area contributed by atoms with Gasteiger partial charge in [-0.3, -0.25) is 14.6 Å². The number of hydrogen-bond acceptors (Lipinski definition) is 8. The minimum Gasteiger partial charge on any atom is -0.454 e. The van der Waals surface area contributed by atoms with E-state index in [0.717, 1.165) is 70.2 Å². The predicted octanol–water partition coefficient (Wildman–Crippen LogP) is 1.53. The first-order valence-corrected chi connectivity index (χ1v) is 10.6. The van der Waals surface area contributed by atoms with Crippen LogP contribution in [0.5, 0.6) is 11.5 Å². The molecule has 5 rings (SSSR count). The smallest absolute Gasteiger partial charge is 0.278 e. The average Bonchev–Trinajstić information content (AvgIpc) is 3.42. The largest absolute Gasteiger partial charge is 0.454 e. The average molecular weight is 413 g/mol. The molecule has 4 heterocycles. The summed E-state index contributed by atoms with van der Waals surface area (Å²) >= 11 is 0. The Morgan fingerprint density at radius 1 is 1.10 bits per heavy atom. The van der Waals surface area contributed by atoms with Crippen molar-refractivity contribution in [3.8, 4) is 11.5 Å². The molecule has 1 aromatic heterocycles. The number of nitrogens with zero attached hydrogens (tertiary/aromatic N) is 5. The van der Waals surface area contributed by atoms with Gasteiger partial charge >= 0.3 is 0 Å². The molecule has 0 bridgehead atoms. The van der Waals surface area contributed by atoms with Crippen molar-refractivity contribution in [2.24, 2.45) is 0 Å². The minimum absolute atomic E-state index is 0.0695. The summed E-state index contributed by atoms with van der Waals surface area (Å²) in [7, 11) is 0. The molecule has 1 amide bonds. The number of carbonyl (C=O) groups is 1. The monoisotopic (exact) mass is 413 g/mol. The third-order valence-electron chi connectivity index (χ3n) is 6.31. The van der Waals surface area contributed by atoms with Gasteiger partial charge < -0.3 is 14.4 Å². The number of piperazine rings is 1. The molecule has 0 aliphatic carbocycles. The maximum Gasteiger partial charge on any atom is 0.278 e. The van der Waals surface area contributed by atoms with Crippen LogP contribution in [0.3, 0.4) is 0 Å². The number of ether oxygens (including phenoxy) is 2. The van der Waals surface area contributed by atoms with Crippen molar-refractivity contribution in [1.29, 1.82) is 0 Å². The quantitative estimate of drug-likeness (QED) is 0.746. The Morgan fingerprint density at radius 2 is 1.93 bits per heavy atom. The van der Waals surface area contributed by atoms with Gasteiger partial charge in [-0.1, -0.05) is 11.2 Å². The first-order valence-electron chi connectivity index (χ1n) is 10.6. The van der Waals surface area contributed by atoms with Crippen LogP contribution < -0.4 is 9.47 Å². The van der Waals surface area contributed by atoms with Gasteiger partial charge in [-0.2, -0.15) is 0 Å². The van der Waals surface area contributed by atoms with E-state index < -0.39 is 0 Å². The number of hydrogen-bond donors (Lipinski definition) is 0. The number of piperidine rings is 1. The van der Waals surface area contributed by atoms with E-state index in [-0.39, 0.29) is 5.91 Å². The van der Waals surface area contributed by atoms with E-state index in [9.17, 15) is 4.79 Å². The lowest BCUT2D eigenvalue weighted by Crippen LogP contribution is -2.55. The molecular weight excluding hydrogens is 386 g/mol. The van der Waals surface area contributed by atoms with Gasteiger partial charge in [0.15, 0.2) is 17.2 Å². The summed E-state index contributed by atoms with van der Waals surface area (Å²) in [5.74, 6) is 1.60. The molecule has 0 spiro atoms. The number of likely N-dealkylation sites (tertiary alicyclic amines) is 1. The van der Waals surface area contributed by atoms with E-state index in [0.29, 0.717) is 24.2 Å². The maximum absolute atomic E-state index is 12.8. The number of carbonyl (C=O) groups excluding carboxylic acids is 1. The van der Waals surface area contributed by atoms with Gasteiger partial charge in [-0.05, 0) is 42.6 Å². The molecule has 0 unspecified atom stereocenters. The second-order valence-corrected chi connectivity index (χ2v) is 8.25. The van der Waals surface area contributed by atoms with Gasteiger partial charge in [0.1, 0.15) is 5.69 Å². The van der Waals surface area contributed by atoms with E-state index in [1.54, 1.807) is 6.92 Å². The lowest BCUT2D eigenvalue weighted by molar-refractivity contribution is 0.0401. The molecule has 2 aromatic rings. The first-order chi connectivity index (χ1) is 14.7. The lowest BCUT2D eigenvalue weighted by atomic mass is 10.0. The van der Waals surface area contributed by atoms with Gasteiger partial charge in [0.25, 0.3) is 5.91 Å². The summed E-state index contributed by atoms with van der Waals surface area (Å²) in [5, 5.41) is 7.52. The fourth-order valence-corrected chi connectivity index (χ4v) is 4.60. The molecule has 30 heavy (non-hydrogen) atoms. The highest BCUT2D eigenvalue weighted by molar-refractivity contribution is 5.93. The summed E-state index contributed by atoms with van der Waals surface area (Å²) in [5.41, 5.74) is 2.14. The highest BCUT2D eigenvalue weighted by Gasteiger charge is 2.32. The molecule has 160 valence electrons. The van der Waals surface area contributed by atoms with Crippen molar-refractivity contribution >= 4 is 5.91 Å². The normalized spacial score (nSPS) is 22.4. The SMILES string of the molecule is Cc1nonc1C(=O)N1CCC[C@H](N2CCN(Cc3ccc4c(c3)OCO4)CC2)C1.